The standard InChI is InChI=1S/C14H20N2O2/c1-3-10-6-4-5-7-11(10)14(17)12-8-9-13(18-2)16-15-12/h8-11H,3-7H2,1-2H3. The monoisotopic (exact) mass is 248 g/mol. The number of hydrogen-bond acceptors (Lipinski definition) is 4. The molecule has 0 aliphatic heterocycles. The fraction of sp³-hybridized carbons (Fsp3) is 0.643. The van der Waals surface area contributed by atoms with Crippen LogP contribution in [0, 0.1) is 11.8 Å². The second-order valence-electron chi connectivity index (χ2n) is 4.88. The molecule has 18 heavy (non-hydrogen) atoms. The fourth-order valence-electron chi connectivity index (χ4n) is 2.79. The third-order valence-corrected chi connectivity index (χ3v) is 3.87. The molecule has 0 saturated heterocycles. The van der Waals surface area contributed by atoms with Gasteiger partial charge in [-0.15, -0.1) is 10.2 Å². The lowest BCUT2D eigenvalue weighted by molar-refractivity contribution is 0.0813. The Hall–Kier alpha value is -1.45. The van der Waals surface area contributed by atoms with Crippen LogP contribution in [0.2, 0.25) is 0 Å². The molecule has 2 unspecified atom stereocenters. The summed E-state index contributed by atoms with van der Waals surface area (Å²) in [5.74, 6) is 1.24. The Morgan fingerprint density at radius 3 is 2.72 bits per heavy atom. The van der Waals surface area contributed by atoms with Crippen molar-refractivity contribution < 1.29 is 9.53 Å². The Balaban J connectivity index is 2.13. The van der Waals surface area contributed by atoms with E-state index >= 15 is 0 Å². The Morgan fingerprint density at radius 2 is 2.11 bits per heavy atom. The number of ether oxygens (including phenoxy) is 1. The molecule has 1 heterocycles. The molecule has 98 valence electrons. The Bertz CT molecular complexity index is 403. The molecule has 4 heteroatoms. The number of aromatic nitrogens is 2. The molecule has 0 aromatic carbocycles. The highest BCUT2D eigenvalue weighted by atomic mass is 16.5. The van der Waals surface area contributed by atoms with E-state index < -0.39 is 0 Å². The van der Waals surface area contributed by atoms with E-state index in [9.17, 15) is 4.79 Å². The molecule has 0 N–H and O–H groups in total. The molecule has 0 amide bonds. The third-order valence-electron chi connectivity index (χ3n) is 3.87. The zero-order chi connectivity index (χ0) is 13.0. The lowest BCUT2D eigenvalue weighted by Crippen LogP contribution is -2.27. The van der Waals surface area contributed by atoms with Gasteiger partial charge in [-0.25, -0.2) is 0 Å². The van der Waals surface area contributed by atoms with Crippen LogP contribution in [0.4, 0.5) is 0 Å². The summed E-state index contributed by atoms with van der Waals surface area (Å²) in [5.41, 5.74) is 0.473. The highest BCUT2D eigenvalue weighted by Gasteiger charge is 2.31. The first-order chi connectivity index (χ1) is 8.76. The third kappa shape index (κ3) is 2.68. The molecule has 1 aromatic heterocycles. The summed E-state index contributed by atoms with van der Waals surface area (Å²) < 4.78 is 4.95. The number of nitrogens with zero attached hydrogens (tertiary/aromatic N) is 2. The van der Waals surface area contributed by atoms with Crippen molar-refractivity contribution in [1.82, 2.24) is 10.2 Å². The predicted molar refractivity (Wildman–Crippen MR) is 68.7 cm³/mol. The molecule has 0 spiro atoms. The van der Waals surface area contributed by atoms with Gasteiger partial charge in [-0.05, 0) is 24.8 Å². The maximum Gasteiger partial charge on any atom is 0.233 e. The van der Waals surface area contributed by atoms with Crippen LogP contribution in [0.3, 0.4) is 0 Å². The molecule has 1 fully saturated rings. The molecule has 1 saturated carbocycles. The fourth-order valence-corrected chi connectivity index (χ4v) is 2.79. The number of Topliss-reactive ketones (excluding diaryl/α,β-unsaturated/α-hetero) is 1. The van der Waals surface area contributed by atoms with Gasteiger partial charge in [0.1, 0.15) is 5.69 Å². The molecule has 2 atom stereocenters. The van der Waals surface area contributed by atoms with Gasteiger partial charge in [0.15, 0.2) is 5.78 Å². The van der Waals surface area contributed by atoms with Crippen molar-refractivity contribution in [3.63, 3.8) is 0 Å². The van der Waals surface area contributed by atoms with E-state index in [1.807, 2.05) is 0 Å². The van der Waals surface area contributed by atoms with E-state index in [1.54, 1.807) is 19.2 Å². The van der Waals surface area contributed by atoms with Crippen LogP contribution in [0.5, 0.6) is 5.88 Å². The predicted octanol–water partition coefficient (Wildman–Crippen LogP) is 2.88. The molecule has 2 rings (SSSR count). The second-order valence-corrected chi connectivity index (χ2v) is 4.88. The molecular weight excluding hydrogens is 228 g/mol. The molecule has 1 aromatic rings. The summed E-state index contributed by atoms with van der Waals surface area (Å²) in [5, 5.41) is 7.84. The molecule has 4 nitrogen and oxygen atoms in total. The average Bonchev–Trinajstić information content (AvgIpc) is 2.46. The van der Waals surface area contributed by atoms with E-state index in [-0.39, 0.29) is 11.7 Å². The molecular formula is C14H20N2O2. The molecule has 0 bridgehead atoms. The SMILES string of the molecule is CCC1CCCCC1C(=O)c1ccc(OC)nn1. The minimum Gasteiger partial charge on any atom is -0.480 e. The Kier molecular flexibility index (Phi) is 4.28. The minimum atomic E-state index is 0.131. The van der Waals surface area contributed by atoms with Crippen molar-refractivity contribution in [1.29, 1.82) is 0 Å². The summed E-state index contributed by atoms with van der Waals surface area (Å²) >= 11 is 0. The number of ketones is 1. The van der Waals surface area contributed by atoms with Crippen molar-refractivity contribution in [3.8, 4) is 5.88 Å². The van der Waals surface area contributed by atoms with Crippen molar-refractivity contribution in [2.45, 2.75) is 39.0 Å². The maximum atomic E-state index is 12.4. The molecule has 0 radical (unpaired) electrons. The van der Waals surface area contributed by atoms with Crippen LogP contribution in [-0.4, -0.2) is 23.1 Å². The Labute approximate surface area is 108 Å². The molecule has 1 aliphatic carbocycles. The largest absolute Gasteiger partial charge is 0.480 e. The zero-order valence-corrected chi connectivity index (χ0v) is 11.1. The van der Waals surface area contributed by atoms with E-state index in [1.165, 1.54) is 6.42 Å². The van der Waals surface area contributed by atoms with E-state index in [4.69, 9.17) is 4.74 Å². The van der Waals surface area contributed by atoms with Crippen molar-refractivity contribution in [2.24, 2.45) is 11.8 Å². The summed E-state index contributed by atoms with van der Waals surface area (Å²) in [6.07, 6.45) is 5.62. The van der Waals surface area contributed by atoms with E-state index in [0.717, 1.165) is 25.7 Å². The van der Waals surface area contributed by atoms with Gasteiger partial charge in [-0.2, -0.15) is 0 Å². The van der Waals surface area contributed by atoms with Crippen LogP contribution in [0.15, 0.2) is 12.1 Å². The first-order valence-electron chi connectivity index (χ1n) is 6.68. The normalized spacial score (nSPS) is 23.7. The van der Waals surface area contributed by atoms with Crippen LogP contribution in [-0.2, 0) is 0 Å². The maximum absolute atomic E-state index is 12.4. The van der Waals surface area contributed by atoms with Gasteiger partial charge in [0.2, 0.25) is 5.88 Å². The van der Waals surface area contributed by atoms with E-state index in [2.05, 4.69) is 17.1 Å². The number of methoxy groups -OCH3 is 1. The van der Waals surface area contributed by atoms with Crippen LogP contribution in [0.1, 0.15) is 49.5 Å². The first-order valence-corrected chi connectivity index (χ1v) is 6.68. The number of hydrogen-bond donors (Lipinski definition) is 0. The summed E-state index contributed by atoms with van der Waals surface area (Å²) in [6, 6.07) is 3.42. The Morgan fingerprint density at radius 1 is 1.33 bits per heavy atom. The van der Waals surface area contributed by atoms with Crippen molar-refractivity contribution in [3.05, 3.63) is 17.8 Å². The summed E-state index contributed by atoms with van der Waals surface area (Å²) in [4.78, 5) is 12.4. The quantitative estimate of drug-likeness (QED) is 0.769. The highest BCUT2D eigenvalue weighted by molar-refractivity contribution is 5.96. The zero-order valence-electron chi connectivity index (χ0n) is 11.1. The van der Waals surface area contributed by atoms with Gasteiger partial charge in [0, 0.05) is 12.0 Å². The van der Waals surface area contributed by atoms with Gasteiger partial charge in [0.25, 0.3) is 0 Å². The van der Waals surface area contributed by atoms with Gasteiger partial charge >= 0.3 is 0 Å². The summed E-state index contributed by atoms with van der Waals surface area (Å²) in [7, 11) is 1.54. The molecule has 1 aliphatic rings. The smallest absolute Gasteiger partial charge is 0.233 e. The minimum absolute atomic E-state index is 0.131. The van der Waals surface area contributed by atoms with Gasteiger partial charge in [0.05, 0.1) is 7.11 Å². The first kappa shape index (κ1) is 13.0. The van der Waals surface area contributed by atoms with Crippen LogP contribution >= 0.6 is 0 Å². The average molecular weight is 248 g/mol. The van der Waals surface area contributed by atoms with Gasteiger partial charge < -0.3 is 4.74 Å². The lowest BCUT2D eigenvalue weighted by atomic mass is 9.75. The van der Waals surface area contributed by atoms with Gasteiger partial charge in [-0.1, -0.05) is 26.2 Å². The van der Waals surface area contributed by atoms with Gasteiger partial charge in [-0.3, -0.25) is 4.79 Å². The number of rotatable bonds is 4. The second kappa shape index (κ2) is 5.94. The highest BCUT2D eigenvalue weighted by Crippen LogP contribution is 2.34. The van der Waals surface area contributed by atoms with E-state index in [0.29, 0.717) is 17.5 Å². The lowest BCUT2D eigenvalue weighted by Gasteiger charge is -2.29. The van der Waals surface area contributed by atoms with Crippen LogP contribution < -0.4 is 4.74 Å². The van der Waals surface area contributed by atoms with Crippen molar-refractivity contribution in [2.75, 3.05) is 7.11 Å². The number of carbonyl (C=O) groups excluding carboxylic acids is 1. The topological polar surface area (TPSA) is 52.1 Å². The summed E-state index contributed by atoms with van der Waals surface area (Å²) in [6.45, 7) is 2.16. The number of carbonyl (C=O) groups is 1. The van der Waals surface area contributed by atoms with Crippen LogP contribution in [0.25, 0.3) is 0 Å². The van der Waals surface area contributed by atoms with Crippen molar-refractivity contribution >= 4 is 5.78 Å².